The van der Waals surface area contributed by atoms with Crippen LogP contribution in [0.4, 0.5) is 0 Å². The Morgan fingerprint density at radius 1 is 1.20 bits per heavy atom. The molecule has 2 aromatic rings. The molecule has 136 valence electrons. The number of nitrogens with zero attached hydrogens (tertiary/aromatic N) is 6. The zero-order chi connectivity index (χ0) is 17.4. The van der Waals surface area contributed by atoms with Crippen molar-refractivity contribution in [3.05, 3.63) is 23.4 Å². The molecule has 2 fully saturated rings. The van der Waals surface area contributed by atoms with Gasteiger partial charge in [0.15, 0.2) is 11.6 Å². The highest BCUT2D eigenvalue weighted by molar-refractivity contribution is 5.05. The summed E-state index contributed by atoms with van der Waals surface area (Å²) in [4.78, 5) is 13.7. The van der Waals surface area contributed by atoms with E-state index in [0.717, 1.165) is 43.5 Å². The van der Waals surface area contributed by atoms with Crippen LogP contribution in [-0.2, 0) is 13.0 Å². The van der Waals surface area contributed by atoms with Crippen molar-refractivity contribution in [1.82, 2.24) is 30.1 Å². The van der Waals surface area contributed by atoms with Crippen LogP contribution in [0.2, 0.25) is 0 Å². The SMILES string of the molecule is CCc1nc(CN(C)[C@@H]2CCN([C@H](C)c3nc(C4CC4)no3)C2)no1. The molecule has 1 saturated heterocycles. The topological polar surface area (TPSA) is 84.3 Å². The Labute approximate surface area is 147 Å². The lowest BCUT2D eigenvalue weighted by Crippen LogP contribution is -2.35. The Morgan fingerprint density at radius 2 is 2.04 bits per heavy atom. The van der Waals surface area contributed by atoms with Gasteiger partial charge in [-0.2, -0.15) is 9.97 Å². The Balaban J connectivity index is 1.33. The van der Waals surface area contributed by atoms with E-state index in [1.54, 1.807) is 0 Å². The monoisotopic (exact) mass is 346 g/mol. The summed E-state index contributed by atoms with van der Waals surface area (Å²) in [5.74, 6) is 3.63. The molecule has 0 amide bonds. The van der Waals surface area contributed by atoms with E-state index in [1.807, 2.05) is 6.92 Å². The molecule has 1 aliphatic heterocycles. The third kappa shape index (κ3) is 3.59. The molecular formula is C17H26N6O2. The van der Waals surface area contributed by atoms with E-state index in [9.17, 15) is 0 Å². The van der Waals surface area contributed by atoms with Gasteiger partial charge in [0.25, 0.3) is 0 Å². The molecule has 0 aromatic carbocycles. The molecule has 1 aliphatic carbocycles. The Morgan fingerprint density at radius 3 is 2.76 bits per heavy atom. The van der Waals surface area contributed by atoms with Gasteiger partial charge in [0.05, 0.1) is 12.6 Å². The van der Waals surface area contributed by atoms with Crippen molar-refractivity contribution in [2.75, 3.05) is 20.1 Å². The quantitative estimate of drug-likeness (QED) is 0.754. The molecule has 8 heteroatoms. The summed E-state index contributed by atoms with van der Waals surface area (Å²) < 4.78 is 10.7. The first-order valence-electron chi connectivity index (χ1n) is 9.23. The van der Waals surface area contributed by atoms with Crippen molar-refractivity contribution >= 4 is 0 Å². The third-order valence-electron chi connectivity index (χ3n) is 5.33. The van der Waals surface area contributed by atoms with Gasteiger partial charge in [0, 0.05) is 31.5 Å². The summed E-state index contributed by atoms with van der Waals surface area (Å²) in [5, 5.41) is 8.19. The lowest BCUT2D eigenvalue weighted by atomic mass is 10.2. The number of hydrogen-bond donors (Lipinski definition) is 0. The smallest absolute Gasteiger partial charge is 0.243 e. The van der Waals surface area contributed by atoms with Crippen molar-refractivity contribution in [3.63, 3.8) is 0 Å². The van der Waals surface area contributed by atoms with Gasteiger partial charge in [0.1, 0.15) is 0 Å². The predicted molar refractivity (Wildman–Crippen MR) is 89.8 cm³/mol. The summed E-state index contributed by atoms with van der Waals surface area (Å²) in [6, 6.07) is 0.632. The second-order valence-corrected chi connectivity index (χ2v) is 7.25. The fraction of sp³-hybridized carbons (Fsp3) is 0.765. The molecule has 2 aliphatic rings. The van der Waals surface area contributed by atoms with Crippen LogP contribution < -0.4 is 0 Å². The summed E-state index contributed by atoms with van der Waals surface area (Å²) in [6.45, 7) is 6.90. The van der Waals surface area contributed by atoms with E-state index >= 15 is 0 Å². The maximum absolute atomic E-state index is 5.50. The minimum absolute atomic E-state index is 0.162. The maximum atomic E-state index is 5.50. The van der Waals surface area contributed by atoms with Gasteiger partial charge >= 0.3 is 0 Å². The molecule has 0 unspecified atom stereocenters. The lowest BCUT2D eigenvalue weighted by Gasteiger charge is -2.25. The Kier molecular flexibility index (Phi) is 4.56. The molecule has 25 heavy (non-hydrogen) atoms. The fourth-order valence-electron chi connectivity index (χ4n) is 3.41. The minimum atomic E-state index is 0.162. The standard InChI is InChI=1S/C17H26N6O2/c1-4-15-18-14(20-24-15)10-22(3)13-7-8-23(9-13)11(2)17-19-16(21-25-17)12-5-6-12/h11-13H,4-10H2,1-3H3/t11-,13-/m1/s1. The van der Waals surface area contributed by atoms with Crippen LogP contribution in [-0.4, -0.2) is 56.3 Å². The van der Waals surface area contributed by atoms with Crippen LogP contribution in [0.3, 0.4) is 0 Å². The molecule has 4 rings (SSSR count). The summed E-state index contributed by atoms with van der Waals surface area (Å²) in [6.07, 6.45) is 4.28. The molecule has 0 radical (unpaired) electrons. The van der Waals surface area contributed by atoms with E-state index in [4.69, 9.17) is 9.05 Å². The number of hydrogen-bond acceptors (Lipinski definition) is 8. The molecule has 1 saturated carbocycles. The third-order valence-corrected chi connectivity index (χ3v) is 5.33. The van der Waals surface area contributed by atoms with Crippen molar-refractivity contribution in [1.29, 1.82) is 0 Å². The van der Waals surface area contributed by atoms with Gasteiger partial charge in [-0.3, -0.25) is 9.80 Å². The number of likely N-dealkylation sites (tertiary alicyclic amines) is 1. The first-order chi connectivity index (χ1) is 12.1. The molecule has 2 atom stereocenters. The highest BCUT2D eigenvalue weighted by atomic mass is 16.5. The van der Waals surface area contributed by atoms with Crippen LogP contribution in [0, 0.1) is 0 Å². The van der Waals surface area contributed by atoms with Gasteiger partial charge in [0.2, 0.25) is 11.8 Å². The predicted octanol–water partition coefficient (Wildman–Crippen LogP) is 2.16. The molecule has 3 heterocycles. The maximum Gasteiger partial charge on any atom is 0.243 e. The van der Waals surface area contributed by atoms with Crippen LogP contribution in [0.25, 0.3) is 0 Å². The van der Waals surface area contributed by atoms with Crippen LogP contribution in [0.15, 0.2) is 9.05 Å². The van der Waals surface area contributed by atoms with Crippen molar-refractivity contribution < 1.29 is 9.05 Å². The largest absolute Gasteiger partial charge is 0.339 e. The van der Waals surface area contributed by atoms with Crippen LogP contribution >= 0.6 is 0 Å². The molecule has 2 aromatic heterocycles. The summed E-state index contributed by atoms with van der Waals surface area (Å²) in [5.41, 5.74) is 0. The average Bonchev–Trinajstić information content (AvgIpc) is 3.07. The lowest BCUT2D eigenvalue weighted by molar-refractivity contribution is 0.177. The summed E-state index contributed by atoms with van der Waals surface area (Å²) in [7, 11) is 2.12. The van der Waals surface area contributed by atoms with E-state index in [1.165, 1.54) is 12.8 Å². The van der Waals surface area contributed by atoms with Gasteiger partial charge in [-0.25, -0.2) is 0 Å². The van der Waals surface area contributed by atoms with Crippen molar-refractivity contribution in [3.8, 4) is 0 Å². The zero-order valence-electron chi connectivity index (χ0n) is 15.2. The van der Waals surface area contributed by atoms with Gasteiger partial charge < -0.3 is 9.05 Å². The Bertz CT molecular complexity index is 710. The average molecular weight is 346 g/mol. The first kappa shape index (κ1) is 16.7. The second-order valence-electron chi connectivity index (χ2n) is 7.25. The van der Waals surface area contributed by atoms with Crippen molar-refractivity contribution in [2.45, 2.75) is 64.1 Å². The molecule has 0 spiro atoms. The number of likely N-dealkylation sites (N-methyl/N-ethyl adjacent to an activating group) is 1. The van der Waals surface area contributed by atoms with E-state index in [2.05, 4.69) is 44.1 Å². The highest BCUT2D eigenvalue weighted by Gasteiger charge is 2.34. The van der Waals surface area contributed by atoms with Gasteiger partial charge in [-0.05, 0) is 33.2 Å². The zero-order valence-corrected chi connectivity index (χ0v) is 15.2. The summed E-state index contributed by atoms with van der Waals surface area (Å²) >= 11 is 0. The molecule has 0 bridgehead atoms. The van der Waals surface area contributed by atoms with Gasteiger partial charge in [-0.15, -0.1) is 0 Å². The van der Waals surface area contributed by atoms with Gasteiger partial charge in [-0.1, -0.05) is 17.2 Å². The highest BCUT2D eigenvalue weighted by Crippen LogP contribution is 2.38. The van der Waals surface area contributed by atoms with E-state index < -0.39 is 0 Å². The molecule has 0 N–H and O–H groups in total. The fourth-order valence-corrected chi connectivity index (χ4v) is 3.41. The molecule has 8 nitrogen and oxygen atoms in total. The second kappa shape index (κ2) is 6.84. The number of rotatable bonds is 7. The normalized spacial score (nSPS) is 22.8. The van der Waals surface area contributed by atoms with E-state index in [0.29, 0.717) is 24.4 Å². The number of aryl methyl sites for hydroxylation is 1. The minimum Gasteiger partial charge on any atom is -0.339 e. The Hall–Kier alpha value is -1.80. The first-order valence-corrected chi connectivity index (χ1v) is 9.23. The van der Waals surface area contributed by atoms with Crippen molar-refractivity contribution in [2.24, 2.45) is 0 Å². The van der Waals surface area contributed by atoms with E-state index in [-0.39, 0.29) is 6.04 Å². The molecular weight excluding hydrogens is 320 g/mol. The number of aromatic nitrogens is 4. The van der Waals surface area contributed by atoms with Crippen LogP contribution in [0.1, 0.15) is 68.5 Å². The van der Waals surface area contributed by atoms with Crippen LogP contribution in [0.5, 0.6) is 0 Å².